The standard InChI is InChI=1S/C24H24N6O3S.C2H6/c1-3-9-15(4-2)17-14-16(19-20(25-17)26-24(34-19)30-11-6-5-7-12-30)21(31)27-23-29-28-22(33-23)18-10-8-13-32-18;1-2/h3-4,8-10,13-14H,5-7,11-12H2,1-2H3,(H,27,29,31);1-2H3/b9-3-,15-4+;. The Labute approximate surface area is 214 Å². The molecule has 10 heteroatoms. The fourth-order valence-electron chi connectivity index (χ4n) is 3.89. The Morgan fingerprint density at radius 1 is 1.14 bits per heavy atom. The Bertz CT molecular complexity index is 1360. The van der Waals surface area contributed by atoms with Gasteiger partial charge in [-0.25, -0.2) is 4.98 Å². The maximum Gasteiger partial charge on any atom is 0.322 e. The first-order chi connectivity index (χ1) is 17.7. The SMILES string of the molecule is C/C=C\C(=C/C)c1cc(C(=O)Nc2nnc(-c3ccco3)o2)c2sc(N3CCCCC3)nc2n1.CC. The van der Waals surface area contributed by atoms with E-state index >= 15 is 0 Å². The average Bonchev–Trinajstić information content (AvgIpc) is 3.69. The molecule has 0 bridgehead atoms. The van der Waals surface area contributed by atoms with Crippen LogP contribution in [-0.4, -0.2) is 39.2 Å². The van der Waals surface area contributed by atoms with Crippen molar-refractivity contribution >= 4 is 44.3 Å². The van der Waals surface area contributed by atoms with E-state index in [0.29, 0.717) is 22.7 Å². The summed E-state index contributed by atoms with van der Waals surface area (Å²) >= 11 is 1.49. The highest BCUT2D eigenvalue weighted by Crippen LogP contribution is 2.34. The maximum atomic E-state index is 13.4. The van der Waals surface area contributed by atoms with Crippen LogP contribution in [0.2, 0.25) is 0 Å². The van der Waals surface area contributed by atoms with Gasteiger partial charge in [0.2, 0.25) is 0 Å². The molecule has 4 aromatic rings. The van der Waals surface area contributed by atoms with Crippen LogP contribution in [-0.2, 0) is 0 Å². The molecule has 188 valence electrons. The summed E-state index contributed by atoms with van der Waals surface area (Å²) in [6, 6.07) is 5.20. The zero-order chi connectivity index (χ0) is 25.5. The number of carbonyl (C=O) groups is 1. The zero-order valence-corrected chi connectivity index (χ0v) is 21.8. The summed E-state index contributed by atoms with van der Waals surface area (Å²) < 4.78 is 11.6. The van der Waals surface area contributed by atoms with Crippen LogP contribution in [0.5, 0.6) is 0 Å². The summed E-state index contributed by atoms with van der Waals surface area (Å²) in [7, 11) is 0. The molecule has 4 aromatic heterocycles. The highest BCUT2D eigenvalue weighted by atomic mass is 32.1. The van der Waals surface area contributed by atoms with Gasteiger partial charge in [0.1, 0.15) is 0 Å². The van der Waals surface area contributed by atoms with Crippen molar-refractivity contribution in [1.82, 2.24) is 20.2 Å². The fraction of sp³-hybridized carbons (Fsp3) is 0.346. The van der Waals surface area contributed by atoms with E-state index in [4.69, 9.17) is 18.8 Å². The molecule has 36 heavy (non-hydrogen) atoms. The lowest BCUT2D eigenvalue weighted by Gasteiger charge is -2.25. The minimum atomic E-state index is -0.368. The van der Waals surface area contributed by atoms with E-state index in [1.54, 1.807) is 18.2 Å². The lowest BCUT2D eigenvalue weighted by Crippen LogP contribution is -2.29. The summed E-state index contributed by atoms with van der Waals surface area (Å²) in [4.78, 5) is 25.2. The highest BCUT2D eigenvalue weighted by Gasteiger charge is 2.23. The van der Waals surface area contributed by atoms with Crippen LogP contribution in [0.1, 0.15) is 63.0 Å². The molecule has 1 saturated heterocycles. The Morgan fingerprint density at radius 2 is 1.94 bits per heavy atom. The van der Waals surface area contributed by atoms with Crippen molar-refractivity contribution in [2.75, 3.05) is 23.3 Å². The molecule has 0 aliphatic carbocycles. The highest BCUT2D eigenvalue weighted by molar-refractivity contribution is 7.22. The van der Waals surface area contributed by atoms with Gasteiger partial charge in [-0.1, -0.05) is 48.5 Å². The first-order valence-corrected chi connectivity index (χ1v) is 13.0. The van der Waals surface area contributed by atoms with Crippen molar-refractivity contribution in [3.8, 4) is 11.7 Å². The summed E-state index contributed by atoms with van der Waals surface area (Å²) in [6.07, 6.45) is 10.9. The molecule has 1 aliphatic rings. The normalized spacial score (nSPS) is 14.2. The largest absolute Gasteiger partial charge is 0.459 e. The Kier molecular flexibility index (Phi) is 8.27. The monoisotopic (exact) mass is 506 g/mol. The second-order valence-electron chi connectivity index (χ2n) is 7.84. The van der Waals surface area contributed by atoms with Crippen molar-refractivity contribution in [2.45, 2.75) is 47.0 Å². The zero-order valence-electron chi connectivity index (χ0n) is 20.9. The summed E-state index contributed by atoms with van der Waals surface area (Å²) in [5, 5.41) is 11.5. The molecule has 5 rings (SSSR count). The molecule has 5 heterocycles. The molecule has 0 saturated carbocycles. The molecule has 1 N–H and O–H groups in total. The van der Waals surface area contributed by atoms with Crippen LogP contribution in [0.15, 0.2) is 51.5 Å². The third kappa shape index (κ3) is 5.38. The Hall–Kier alpha value is -3.79. The molecule has 1 fully saturated rings. The number of amides is 1. The number of allylic oxidation sites excluding steroid dienone is 4. The van der Waals surface area contributed by atoms with Crippen LogP contribution in [0.25, 0.3) is 27.6 Å². The molecular weight excluding hydrogens is 476 g/mol. The third-order valence-corrected chi connectivity index (χ3v) is 6.69. The van der Waals surface area contributed by atoms with Crippen molar-refractivity contribution in [3.05, 3.63) is 53.9 Å². The van der Waals surface area contributed by atoms with E-state index in [9.17, 15) is 4.79 Å². The quantitative estimate of drug-likeness (QED) is 0.292. The molecule has 0 aromatic carbocycles. The number of pyridine rings is 1. The number of anilines is 2. The number of carbonyl (C=O) groups excluding carboxylic acids is 1. The topological polar surface area (TPSA) is 110 Å². The first-order valence-electron chi connectivity index (χ1n) is 12.2. The molecule has 1 aliphatic heterocycles. The van der Waals surface area contributed by atoms with Crippen LogP contribution >= 0.6 is 11.3 Å². The van der Waals surface area contributed by atoms with Gasteiger partial charge in [0.15, 0.2) is 16.5 Å². The van der Waals surface area contributed by atoms with Gasteiger partial charge in [-0.15, -0.1) is 5.10 Å². The van der Waals surface area contributed by atoms with Gasteiger partial charge in [-0.3, -0.25) is 10.1 Å². The molecule has 0 unspecified atom stereocenters. The number of rotatable bonds is 6. The minimum absolute atomic E-state index is 0.0107. The molecular formula is C26H30N6O3S. The van der Waals surface area contributed by atoms with Gasteiger partial charge in [0, 0.05) is 13.1 Å². The summed E-state index contributed by atoms with van der Waals surface area (Å²) in [5.74, 6) is 0.252. The summed E-state index contributed by atoms with van der Waals surface area (Å²) in [5.41, 5.74) is 2.60. The van der Waals surface area contributed by atoms with Crippen LogP contribution in [0.4, 0.5) is 11.1 Å². The Balaban J connectivity index is 0.00000148. The third-order valence-electron chi connectivity index (χ3n) is 5.55. The number of nitrogens with one attached hydrogen (secondary N) is 1. The number of piperidine rings is 1. The van der Waals surface area contributed by atoms with Crippen molar-refractivity contribution in [1.29, 1.82) is 0 Å². The van der Waals surface area contributed by atoms with E-state index < -0.39 is 0 Å². The second-order valence-corrected chi connectivity index (χ2v) is 8.82. The number of fused-ring (bicyclic) bond motifs is 1. The summed E-state index contributed by atoms with van der Waals surface area (Å²) in [6.45, 7) is 9.81. The number of aromatic nitrogens is 4. The predicted octanol–water partition coefficient (Wildman–Crippen LogP) is 6.58. The van der Waals surface area contributed by atoms with Gasteiger partial charge in [0.25, 0.3) is 11.8 Å². The molecule has 0 spiro atoms. The van der Waals surface area contributed by atoms with E-state index in [-0.39, 0.29) is 17.8 Å². The van der Waals surface area contributed by atoms with E-state index in [0.717, 1.165) is 41.3 Å². The number of furan rings is 1. The van der Waals surface area contributed by atoms with E-state index in [1.165, 1.54) is 24.0 Å². The number of hydrogen-bond donors (Lipinski definition) is 1. The average molecular weight is 507 g/mol. The van der Waals surface area contributed by atoms with Gasteiger partial charge in [-0.2, -0.15) is 4.98 Å². The van der Waals surface area contributed by atoms with Gasteiger partial charge in [-0.05, 0) is 56.9 Å². The first kappa shape index (κ1) is 25.3. The van der Waals surface area contributed by atoms with Crippen LogP contribution in [0, 0.1) is 0 Å². The van der Waals surface area contributed by atoms with Crippen molar-refractivity contribution in [2.24, 2.45) is 0 Å². The predicted molar refractivity (Wildman–Crippen MR) is 143 cm³/mol. The number of nitrogens with zero attached hydrogens (tertiary/aromatic N) is 5. The van der Waals surface area contributed by atoms with Gasteiger partial charge in [0.05, 0.1) is 22.2 Å². The maximum absolute atomic E-state index is 13.4. The van der Waals surface area contributed by atoms with E-state index in [1.807, 2.05) is 45.9 Å². The second kappa shape index (κ2) is 11.8. The fourth-order valence-corrected chi connectivity index (χ4v) is 4.96. The van der Waals surface area contributed by atoms with Crippen LogP contribution in [0.3, 0.4) is 0 Å². The lowest BCUT2D eigenvalue weighted by molar-refractivity contribution is 0.102. The van der Waals surface area contributed by atoms with Crippen molar-refractivity contribution < 1.29 is 13.6 Å². The lowest BCUT2D eigenvalue weighted by atomic mass is 10.1. The molecule has 9 nitrogen and oxygen atoms in total. The Morgan fingerprint density at radius 3 is 2.64 bits per heavy atom. The van der Waals surface area contributed by atoms with Crippen molar-refractivity contribution in [3.63, 3.8) is 0 Å². The smallest absolute Gasteiger partial charge is 0.322 e. The number of thiazole rings is 1. The van der Waals surface area contributed by atoms with Gasteiger partial charge < -0.3 is 13.7 Å². The van der Waals surface area contributed by atoms with Crippen LogP contribution < -0.4 is 10.2 Å². The molecule has 0 radical (unpaired) electrons. The molecule has 1 amide bonds. The minimum Gasteiger partial charge on any atom is -0.459 e. The van der Waals surface area contributed by atoms with E-state index in [2.05, 4.69) is 20.4 Å². The molecule has 0 atom stereocenters. The van der Waals surface area contributed by atoms with Gasteiger partial charge >= 0.3 is 6.01 Å². The number of hydrogen-bond acceptors (Lipinski definition) is 9.